The summed E-state index contributed by atoms with van der Waals surface area (Å²) in [5.74, 6) is -0.521. The topological polar surface area (TPSA) is 65.5 Å². The van der Waals surface area contributed by atoms with Crippen LogP contribution >= 0.6 is 24.0 Å². The molecule has 1 aliphatic rings. The predicted octanol–water partition coefficient (Wildman–Crippen LogP) is 3.82. The first-order chi connectivity index (χ1) is 13.3. The first-order valence-electron chi connectivity index (χ1n) is 9.39. The number of hydrogen-bond donors (Lipinski definition) is 3. The predicted molar refractivity (Wildman–Crippen MR) is 115 cm³/mol. The molecule has 1 saturated carbocycles. The minimum absolute atomic E-state index is 0. The van der Waals surface area contributed by atoms with Crippen LogP contribution in [0.25, 0.3) is 0 Å². The summed E-state index contributed by atoms with van der Waals surface area (Å²) in [6.07, 6.45) is 0.534. The van der Waals surface area contributed by atoms with Gasteiger partial charge in [-0.3, -0.25) is 9.79 Å². The van der Waals surface area contributed by atoms with Gasteiger partial charge in [0.1, 0.15) is 5.82 Å². The normalized spacial score (nSPS) is 15.4. The van der Waals surface area contributed by atoms with Gasteiger partial charge in [0.25, 0.3) is 0 Å². The average molecular weight is 530 g/mol. The smallest absolute Gasteiger partial charge is 0.355 e. The molecule has 0 spiro atoms. The second kappa shape index (κ2) is 12.2. The van der Waals surface area contributed by atoms with Crippen molar-refractivity contribution in [1.29, 1.82) is 0 Å². The summed E-state index contributed by atoms with van der Waals surface area (Å²) in [6, 6.07) is 2.57. The Balaban J connectivity index is 0.00000420. The highest BCUT2D eigenvalue weighted by Crippen LogP contribution is 2.32. The van der Waals surface area contributed by atoms with Crippen LogP contribution in [0.3, 0.4) is 0 Å². The molecule has 1 aromatic rings. The molecule has 1 aliphatic carbocycles. The summed E-state index contributed by atoms with van der Waals surface area (Å²) >= 11 is 0. The van der Waals surface area contributed by atoms with Gasteiger partial charge in [0.05, 0.1) is 5.56 Å². The zero-order chi connectivity index (χ0) is 20.6. The molecule has 0 aliphatic heterocycles. The first kappa shape index (κ1) is 25.4. The van der Waals surface area contributed by atoms with Crippen molar-refractivity contribution in [3.8, 4) is 0 Å². The minimum atomic E-state index is -4.64. The molecular weight excluding hydrogens is 503 g/mol. The van der Waals surface area contributed by atoms with Gasteiger partial charge < -0.3 is 16.0 Å². The van der Waals surface area contributed by atoms with Crippen molar-refractivity contribution >= 4 is 35.8 Å². The van der Waals surface area contributed by atoms with E-state index in [2.05, 4.69) is 20.9 Å². The quantitative estimate of drug-likeness (QED) is 0.172. The van der Waals surface area contributed by atoms with Crippen molar-refractivity contribution in [2.24, 2.45) is 10.9 Å². The Morgan fingerprint density at radius 2 is 1.76 bits per heavy atom. The van der Waals surface area contributed by atoms with Gasteiger partial charge in [0.15, 0.2) is 5.96 Å². The van der Waals surface area contributed by atoms with Crippen molar-refractivity contribution < 1.29 is 22.4 Å². The Bertz CT molecular complexity index is 691. The fraction of sp³-hybridized carbons (Fsp3) is 0.579. The van der Waals surface area contributed by atoms with E-state index >= 15 is 0 Å². The van der Waals surface area contributed by atoms with E-state index in [0.717, 1.165) is 37.8 Å². The van der Waals surface area contributed by atoms with Gasteiger partial charge in [0.2, 0.25) is 5.91 Å². The summed E-state index contributed by atoms with van der Waals surface area (Å²) in [5.41, 5.74) is -1.10. The summed E-state index contributed by atoms with van der Waals surface area (Å²) in [4.78, 5) is 16.0. The van der Waals surface area contributed by atoms with Gasteiger partial charge in [-0.15, -0.1) is 24.0 Å². The molecule has 3 N–H and O–H groups in total. The number of alkyl halides is 3. The van der Waals surface area contributed by atoms with Crippen molar-refractivity contribution in [1.82, 2.24) is 16.0 Å². The molecule has 5 nitrogen and oxygen atoms in total. The van der Waals surface area contributed by atoms with Gasteiger partial charge in [-0.25, -0.2) is 4.39 Å². The second-order valence-electron chi connectivity index (χ2n) is 6.78. The number of guanidine groups is 1. The van der Waals surface area contributed by atoms with Crippen molar-refractivity contribution in [2.75, 3.05) is 20.1 Å². The SMILES string of the molecule is CN=C(NCCNC(=O)C1CCCCC1)NCc1ccc(F)cc1C(F)(F)F.I. The molecule has 0 unspecified atom stereocenters. The van der Waals surface area contributed by atoms with Crippen LogP contribution < -0.4 is 16.0 Å². The zero-order valence-corrected chi connectivity index (χ0v) is 18.6. The van der Waals surface area contributed by atoms with Crippen LogP contribution in [0.15, 0.2) is 23.2 Å². The number of carbonyl (C=O) groups excluding carboxylic acids is 1. The molecular formula is C19H27F4IN4O. The number of benzene rings is 1. The van der Waals surface area contributed by atoms with Gasteiger partial charge in [-0.05, 0) is 30.5 Å². The van der Waals surface area contributed by atoms with Crippen LogP contribution in [-0.4, -0.2) is 32.0 Å². The molecule has 1 amide bonds. The van der Waals surface area contributed by atoms with E-state index in [-0.39, 0.29) is 47.9 Å². The summed E-state index contributed by atoms with van der Waals surface area (Å²) in [5, 5.41) is 8.58. The Kier molecular flexibility index (Phi) is 10.7. The summed E-state index contributed by atoms with van der Waals surface area (Å²) in [6.45, 7) is 0.608. The molecule has 0 bridgehead atoms. The fourth-order valence-electron chi connectivity index (χ4n) is 3.24. The molecule has 0 radical (unpaired) electrons. The largest absolute Gasteiger partial charge is 0.416 e. The van der Waals surface area contributed by atoms with Crippen LogP contribution in [0.1, 0.15) is 43.2 Å². The lowest BCUT2D eigenvalue weighted by Crippen LogP contribution is -2.42. The summed E-state index contributed by atoms with van der Waals surface area (Å²) < 4.78 is 52.3. The molecule has 0 saturated heterocycles. The van der Waals surface area contributed by atoms with Crippen LogP contribution in [-0.2, 0) is 17.5 Å². The lowest BCUT2D eigenvalue weighted by molar-refractivity contribution is -0.138. The number of carbonyl (C=O) groups is 1. The van der Waals surface area contributed by atoms with Crippen LogP contribution in [0.4, 0.5) is 17.6 Å². The van der Waals surface area contributed by atoms with Crippen molar-refractivity contribution in [3.63, 3.8) is 0 Å². The highest BCUT2D eigenvalue weighted by atomic mass is 127. The Labute approximate surface area is 185 Å². The summed E-state index contributed by atoms with van der Waals surface area (Å²) in [7, 11) is 1.49. The number of aliphatic imine (C=N–C) groups is 1. The standard InChI is InChI=1S/C19H26F4N4O.HI/c1-24-18(26-10-9-25-17(28)13-5-3-2-4-6-13)27-12-14-7-8-15(20)11-16(14)19(21,22)23;/h7-8,11,13H,2-6,9-10,12H2,1H3,(H,25,28)(H2,24,26,27);1H. The fourth-order valence-corrected chi connectivity index (χ4v) is 3.24. The maximum atomic E-state index is 13.2. The van der Waals surface area contributed by atoms with Crippen LogP contribution in [0.2, 0.25) is 0 Å². The molecule has 10 heteroatoms. The van der Waals surface area contributed by atoms with E-state index in [4.69, 9.17) is 0 Å². The number of nitrogens with one attached hydrogen (secondary N) is 3. The van der Waals surface area contributed by atoms with Gasteiger partial charge in [-0.2, -0.15) is 13.2 Å². The van der Waals surface area contributed by atoms with E-state index in [9.17, 15) is 22.4 Å². The van der Waals surface area contributed by atoms with E-state index in [1.165, 1.54) is 13.5 Å². The Morgan fingerprint density at radius 1 is 1.10 bits per heavy atom. The number of rotatable bonds is 6. The molecule has 29 heavy (non-hydrogen) atoms. The minimum Gasteiger partial charge on any atom is -0.355 e. The number of amides is 1. The third kappa shape index (κ3) is 8.35. The number of nitrogens with zero attached hydrogens (tertiary/aromatic N) is 1. The monoisotopic (exact) mass is 530 g/mol. The number of hydrogen-bond acceptors (Lipinski definition) is 2. The van der Waals surface area contributed by atoms with E-state index in [0.29, 0.717) is 25.1 Å². The molecule has 1 aromatic carbocycles. The zero-order valence-electron chi connectivity index (χ0n) is 16.2. The molecule has 0 heterocycles. The highest BCUT2D eigenvalue weighted by molar-refractivity contribution is 14.0. The molecule has 164 valence electrons. The Morgan fingerprint density at radius 3 is 2.38 bits per heavy atom. The number of halogens is 5. The van der Waals surface area contributed by atoms with Gasteiger partial charge >= 0.3 is 6.18 Å². The molecule has 2 rings (SSSR count). The van der Waals surface area contributed by atoms with Crippen LogP contribution in [0, 0.1) is 11.7 Å². The third-order valence-electron chi connectivity index (χ3n) is 4.74. The second-order valence-corrected chi connectivity index (χ2v) is 6.78. The molecule has 0 aromatic heterocycles. The maximum Gasteiger partial charge on any atom is 0.416 e. The Hall–Kier alpha value is -1.59. The molecule has 0 atom stereocenters. The van der Waals surface area contributed by atoms with Crippen LogP contribution in [0.5, 0.6) is 0 Å². The van der Waals surface area contributed by atoms with Gasteiger partial charge in [0, 0.05) is 32.6 Å². The highest BCUT2D eigenvalue weighted by Gasteiger charge is 2.33. The lowest BCUT2D eigenvalue weighted by atomic mass is 9.89. The van der Waals surface area contributed by atoms with E-state index in [1.54, 1.807) is 0 Å². The van der Waals surface area contributed by atoms with Crippen molar-refractivity contribution in [3.05, 3.63) is 35.1 Å². The average Bonchev–Trinajstić information content (AvgIpc) is 2.68. The van der Waals surface area contributed by atoms with Crippen molar-refractivity contribution in [2.45, 2.75) is 44.8 Å². The first-order valence-corrected chi connectivity index (χ1v) is 9.39. The van der Waals surface area contributed by atoms with E-state index in [1.807, 2.05) is 0 Å². The maximum absolute atomic E-state index is 13.2. The third-order valence-corrected chi connectivity index (χ3v) is 4.74. The van der Waals surface area contributed by atoms with Gasteiger partial charge in [-0.1, -0.05) is 25.3 Å². The molecule has 1 fully saturated rings. The van der Waals surface area contributed by atoms with E-state index < -0.39 is 17.6 Å². The lowest BCUT2D eigenvalue weighted by Gasteiger charge is -2.21.